The minimum absolute atomic E-state index is 0.131. The van der Waals surface area contributed by atoms with E-state index in [0.717, 1.165) is 38.0 Å². The molecule has 0 aliphatic carbocycles. The van der Waals surface area contributed by atoms with Crippen molar-refractivity contribution in [2.24, 2.45) is 0 Å². The standard InChI is InChI=1S/C13H19FN2O/c1-2-16-13(7-12-4-3-5-17-12)10-6-11(14)9-15-8-10/h6,8-9,12-13,16H,2-5,7H2,1H3. The fourth-order valence-corrected chi connectivity index (χ4v) is 2.30. The molecule has 4 heteroatoms. The highest BCUT2D eigenvalue weighted by atomic mass is 19.1. The molecule has 0 aromatic carbocycles. The fourth-order valence-electron chi connectivity index (χ4n) is 2.30. The first-order chi connectivity index (χ1) is 8.29. The number of hydrogen-bond donors (Lipinski definition) is 1. The number of nitrogens with zero attached hydrogens (tertiary/aromatic N) is 1. The van der Waals surface area contributed by atoms with Crippen molar-refractivity contribution < 1.29 is 9.13 Å². The molecule has 1 saturated heterocycles. The lowest BCUT2D eigenvalue weighted by atomic mass is 10.0. The second-order valence-corrected chi connectivity index (χ2v) is 4.42. The lowest BCUT2D eigenvalue weighted by molar-refractivity contribution is 0.0947. The van der Waals surface area contributed by atoms with Crippen LogP contribution in [0.4, 0.5) is 4.39 Å². The van der Waals surface area contributed by atoms with Gasteiger partial charge in [-0.3, -0.25) is 4.98 Å². The van der Waals surface area contributed by atoms with Gasteiger partial charge in [-0.05, 0) is 37.4 Å². The van der Waals surface area contributed by atoms with Crippen LogP contribution in [0.15, 0.2) is 18.5 Å². The van der Waals surface area contributed by atoms with E-state index in [2.05, 4.69) is 17.2 Å². The first-order valence-electron chi connectivity index (χ1n) is 6.25. The number of nitrogens with one attached hydrogen (secondary N) is 1. The van der Waals surface area contributed by atoms with Gasteiger partial charge in [-0.1, -0.05) is 6.92 Å². The van der Waals surface area contributed by atoms with Crippen LogP contribution in [0, 0.1) is 5.82 Å². The van der Waals surface area contributed by atoms with E-state index in [0.29, 0.717) is 6.10 Å². The molecule has 0 spiro atoms. The monoisotopic (exact) mass is 238 g/mol. The quantitative estimate of drug-likeness (QED) is 0.855. The average molecular weight is 238 g/mol. The third-order valence-corrected chi connectivity index (χ3v) is 3.10. The van der Waals surface area contributed by atoms with E-state index < -0.39 is 0 Å². The first-order valence-corrected chi connectivity index (χ1v) is 6.25. The predicted molar refractivity (Wildman–Crippen MR) is 64.2 cm³/mol. The highest BCUT2D eigenvalue weighted by Crippen LogP contribution is 2.25. The molecule has 3 nitrogen and oxygen atoms in total. The topological polar surface area (TPSA) is 34.1 Å². The van der Waals surface area contributed by atoms with Gasteiger partial charge in [0, 0.05) is 18.8 Å². The number of rotatable bonds is 5. The van der Waals surface area contributed by atoms with Crippen molar-refractivity contribution in [2.75, 3.05) is 13.2 Å². The summed E-state index contributed by atoms with van der Waals surface area (Å²) in [6.45, 7) is 3.76. The van der Waals surface area contributed by atoms with E-state index in [1.807, 2.05) is 0 Å². The molecular weight excluding hydrogens is 219 g/mol. The summed E-state index contributed by atoms with van der Waals surface area (Å²) in [5.41, 5.74) is 0.905. The van der Waals surface area contributed by atoms with Gasteiger partial charge in [-0.2, -0.15) is 0 Å². The summed E-state index contributed by atoms with van der Waals surface area (Å²) in [7, 11) is 0. The molecule has 1 fully saturated rings. The Labute approximate surface area is 101 Å². The van der Waals surface area contributed by atoms with Crippen molar-refractivity contribution >= 4 is 0 Å². The molecule has 0 saturated carbocycles. The third-order valence-electron chi connectivity index (χ3n) is 3.10. The molecule has 1 N–H and O–H groups in total. The van der Waals surface area contributed by atoms with Crippen LogP contribution in [0.25, 0.3) is 0 Å². The Morgan fingerprint density at radius 2 is 2.47 bits per heavy atom. The number of pyridine rings is 1. The van der Waals surface area contributed by atoms with Gasteiger partial charge in [0.1, 0.15) is 5.82 Å². The van der Waals surface area contributed by atoms with E-state index in [1.165, 1.54) is 6.20 Å². The predicted octanol–water partition coefficient (Wildman–Crippen LogP) is 2.44. The van der Waals surface area contributed by atoms with Crippen LogP contribution in [0.1, 0.15) is 37.8 Å². The van der Waals surface area contributed by atoms with Crippen LogP contribution in [-0.4, -0.2) is 24.2 Å². The van der Waals surface area contributed by atoms with Gasteiger partial charge in [-0.15, -0.1) is 0 Å². The largest absolute Gasteiger partial charge is 0.378 e. The Hall–Kier alpha value is -1.00. The molecule has 2 heterocycles. The summed E-state index contributed by atoms with van der Waals surface area (Å²) in [6.07, 6.45) is 6.38. The van der Waals surface area contributed by atoms with Crippen molar-refractivity contribution in [3.05, 3.63) is 29.8 Å². The lowest BCUT2D eigenvalue weighted by Gasteiger charge is -2.21. The van der Waals surface area contributed by atoms with Crippen LogP contribution in [0.3, 0.4) is 0 Å². The Balaban J connectivity index is 2.04. The molecule has 1 aromatic heterocycles. The molecular formula is C13H19FN2O. The molecule has 1 aliphatic heterocycles. The van der Waals surface area contributed by atoms with E-state index in [1.54, 1.807) is 12.3 Å². The smallest absolute Gasteiger partial charge is 0.141 e. The van der Waals surface area contributed by atoms with Gasteiger partial charge in [-0.25, -0.2) is 4.39 Å². The van der Waals surface area contributed by atoms with Crippen molar-refractivity contribution in [3.63, 3.8) is 0 Å². The summed E-state index contributed by atoms with van der Waals surface area (Å²) in [6, 6.07) is 1.68. The van der Waals surface area contributed by atoms with E-state index in [-0.39, 0.29) is 11.9 Å². The molecule has 1 aliphatic rings. The average Bonchev–Trinajstić information content (AvgIpc) is 2.81. The van der Waals surface area contributed by atoms with Gasteiger partial charge in [0.05, 0.1) is 12.3 Å². The van der Waals surface area contributed by atoms with Gasteiger partial charge in [0.25, 0.3) is 0 Å². The Bertz CT molecular complexity index is 353. The van der Waals surface area contributed by atoms with Crippen LogP contribution < -0.4 is 5.32 Å². The normalized spacial score (nSPS) is 21.6. The molecule has 2 rings (SSSR count). The van der Waals surface area contributed by atoms with Crippen LogP contribution in [0.2, 0.25) is 0 Å². The second-order valence-electron chi connectivity index (χ2n) is 4.42. The summed E-state index contributed by atoms with van der Waals surface area (Å²) in [4.78, 5) is 3.91. The maximum absolute atomic E-state index is 13.2. The summed E-state index contributed by atoms with van der Waals surface area (Å²) >= 11 is 0. The van der Waals surface area contributed by atoms with E-state index in [9.17, 15) is 4.39 Å². The van der Waals surface area contributed by atoms with Gasteiger partial charge in [0.2, 0.25) is 0 Å². The molecule has 17 heavy (non-hydrogen) atoms. The van der Waals surface area contributed by atoms with Crippen molar-refractivity contribution in [1.29, 1.82) is 0 Å². The fraction of sp³-hybridized carbons (Fsp3) is 0.615. The van der Waals surface area contributed by atoms with Gasteiger partial charge in [0.15, 0.2) is 0 Å². The minimum Gasteiger partial charge on any atom is -0.378 e. The summed E-state index contributed by atoms with van der Waals surface area (Å²) < 4.78 is 18.8. The number of aromatic nitrogens is 1. The summed E-state index contributed by atoms with van der Waals surface area (Å²) in [5.74, 6) is -0.280. The second kappa shape index (κ2) is 6.07. The third kappa shape index (κ3) is 3.48. The van der Waals surface area contributed by atoms with E-state index in [4.69, 9.17) is 4.74 Å². The van der Waals surface area contributed by atoms with Gasteiger partial charge < -0.3 is 10.1 Å². The minimum atomic E-state index is -0.280. The highest BCUT2D eigenvalue weighted by Gasteiger charge is 2.21. The molecule has 0 amide bonds. The Morgan fingerprint density at radius 1 is 1.59 bits per heavy atom. The van der Waals surface area contributed by atoms with Crippen LogP contribution in [-0.2, 0) is 4.74 Å². The Kier molecular flexibility index (Phi) is 4.45. The maximum atomic E-state index is 13.2. The number of halogens is 1. The van der Waals surface area contributed by atoms with Crippen LogP contribution in [0.5, 0.6) is 0 Å². The maximum Gasteiger partial charge on any atom is 0.141 e. The molecule has 2 unspecified atom stereocenters. The first kappa shape index (κ1) is 12.5. The summed E-state index contributed by atoms with van der Waals surface area (Å²) in [5, 5.41) is 3.37. The molecule has 0 radical (unpaired) electrons. The number of ether oxygens (including phenoxy) is 1. The highest BCUT2D eigenvalue weighted by molar-refractivity contribution is 5.15. The molecule has 1 aromatic rings. The van der Waals surface area contributed by atoms with Crippen molar-refractivity contribution in [3.8, 4) is 0 Å². The zero-order valence-corrected chi connectivity index (χ0v) is 10.2. The van der Waals surface area contributed by atoms with Crippen molar-refractivity contribution in [1.82, 2.24) is 10.3 Å². The molecule has 94 valence electrons. The lowest BCUT2D eigenvalue weighted by Crippen LogP contribution is -2.25. The van der Waals surface area contributed by atoms with Crippen molar-refractivity contribution in [2.45, 2.75) is 38.3 Å². The molecule has 0 bridgehead atoms. The Morgan fingerprint density at radius 3 is 3.12 bits per heavy atom. The van der Waals surface area contributed by atoms with Crippen LogP contribution >= 0.6 is 0 Å². The zero-order chi connectivity index (χ0) is 12.1. The van der Waals surface area contributed by atoms with E-state index >= 15 is 0 Å². The molecule has 2 atom stereocenters. The number of hydrogen-bond acceptors (Lipinski definition) is 3. The SMILES string of the molecule is CCNC(CC1CCCO1)c1cncc(F)c1. The van der Waals surface area contributed by atoms with Gasteiger partial charge >= 0.3 is 0 Å². The zero-order valence-electron chi connectivity index (χ0n) is 10.2.